The molecule has 1 heterocycles. The highest BCUT2D eigenvalue weighted by Gasteiger charge is 2.14. The number of benzene rings is 1. The number of amides is 1. The molecule has 0 aliphatic rings. The molecule has 20 heavy (non-hydrogen) atoms. The molecular weight excluding hydrogens is 252 g/mol. The van der Waals surface area contributed by atoms with E-state index in [0.717, 1.165) is 12.0 Å². The number of phenolic OH excluding ortho intramolecular Hbond substituents is 1. The molecule has 0 aliphatic carbocycles. The van der Waals surface area contributed by atoms with Gasteiger partial charge in [-0.2, -0.15) is 0 Å². The van der Waals surface area contributed by atoms with E-state index in [4.69, 9.17) is 0 Å². The first-order valence-corrected chi connectivity index (χ1v) is 6.62. The largest absolute Gasteiger partial charge is 0.508 e. The highest BCUT2D eigenvalue weighted by molar-refractivity contribution is 5.94. The fraction of sp³-hybridized carbons (Fsp3) is 0.250. The first-order chi connectivity index (χ1) is 9.61. The van der Waals surface area contributed by atoms with Gasteiger partial charge in [0.15, 0.2) is 0 Å². The maximum absolute atomic E-state index is 12.2. The molecule has 2 N–H and O–H groups in total. The number of hydrogen-bond donors (Lipinski definition) is 2. The minimum absolute atomic E-state index is 0.0645. The fourth-order valence-electron chi connectivity index (χ4n) is 2.04. The highest BCUT2D eigenvalue weighted by Crippen LogP contribution is 2.19. The molecule has 1 atom stereocenters. The Morgan fingerprint density at radius 2 is 2.20 bits per heavy atom. The molecule has 0 saturated carbocycles. The average Bonchev–Trinajstić information content (AvgIpc) is 2.48. The van der Waals surface area contributed by atoms with Crippen molar-refractivity contribution in [2.45, 2.75) is 26.3 Å². The highest BCUT2D eigenvalue weighted by atomic mass is 16.3. The lowest BCUT2D eigenvalue weighted by atomic mass is 10.1. The second-order valence-electron chi connectivity index (χ2n) is 4.72. The van der Waals surface area contributed by atoms with Gasteiger partial charge in [-0.05, 0) is 48.7 Å². The summed E-state index contributed by atoms with van der Waals surface area (Å²) in [4.78, 5) is 16.3. The van der Waals surface area contributed by atoms with Crippen molar-refractivity contribution in [2.75, 3.05) is 0 Å². The van der Waals surface area contributed by atoms with Gasteiger partial charge in [-0.25, -0.2) is 0 Å². The third kappa shape index (κ3) is 3.15. The number of aromatic nitrogens is 1. The number of rotatable bonds is 4. The summed E-state index contributed by atoms with van der Waals surface area (Å²) < 4.78 is 0. The van der Waals surface area contributed by atoms with Crippen LogP contribution >= 0.6 is 0 Å². The zero-order valence-electron chi connectivity index (χ0n) is 11.6. The van der Waals surface area contributed by atoms with E-state index in [1.54, 1.807) is 31.5 Å². The molecule has 0 radical (unpaired) electrons. The van der Waals surface area contributed by atoms with Gasteiger partial charge in [0.25, 0.3) is 5.91 Å². The van der Waals surface area contributed by atoms with Crippen LogP contribution < -0.4 is 5.32 Å². The maximum Gasteiger partial charge on any atom is 0.251 e. The predicted octanol–water partition coefficient (Wildman–Crippen LogP) is 2.98. The monoisotopic (exact) mass is 270 g/mol. The molecule has 2 aromatic rings. The fourth-order valence-corrected chi connectivity index (χ4v) is 2.04. The van der Waals surface area contributed by atoms with Gasteiger partial charge in [-0.15, -0.1) is 0 Å². The van der Waals surface area contributed by atoms with Gasteiger partial charge in [0.05, 0.1) is 6.04 Å². The number of nitrogens with one attached hydrogen (secondary N) is 1. The molecule has 0 fully saturated rings. The third-order valence-corrected chi connectivity index (χ3v) is 3.26. The van der Waals surface area contributed by atoms with Crippen molar-refractivity contribution < 1.29 is 9.90 Å². The van der Waals surface area contributed by atoms with Gasteiger partial charge in [0, 0.05) is 18.0 Å². The number of carbonyl (C=O) groups is 1. The summed E-state index contributed by atoms with van der Waals surface area (Å²) in [5, 5.41) is 12.5. The van der Waals surface area contributed by atoms with Crippen molar-refractivity contribution in [3.8, 4) is 5.75 Å². The molecule has 0 spiro atoms. The smallest absolute Gasteiger partial charge is 0.251 e. The van der Waals surface area contributed by atoms with Crippen molar-refractivity contribution in [1.82, 2.24) is 10.3 Å². The summed E-state index contributed by atoms with van der Waals surface area (Å²) in [6, 6.07) is 8.58. The summed E-state index contributed by atoms with van der Waals surface area (Å²) in [5.74, 6) is 0.0460. The van der Waals surface area contributed by atoms with Crippen molar-refractivity contribution >= 4 is 5.91 Å². The van der Waals surface area contributed by atoms with Crippen LogP contribution in [0.4, 0.5) is 0 Å². The predicted molar refractivity (Wildman–Crippen MR) is 77.6 cm³/mol. The van der Waals surface area contributed by atoms with Gasteiger partial charge >= 0.3 is 0 Å². The van der Waals surface area contributed by atoms with E-state index in [-0.39, 0.29) is 17.7 Å². The zero-order valence-corrected chi connectivity index (χ0v) is 11.6. The normalized spacial score (nSPS) is 11.9. The summed E-state index contributed by atoms with van der Waals surface area (Å²) in [7, 11) is 0. The second-order valence-corrected chi connectivity index (χ2v) is 4.72. The quantitative estimate of drug-likeness (QED) is 0.897. The van der Waals surface area contributed by atoms with Crippen LogP contribution in [-0.4, -0.2) is 16.0 Å². The van der Waals surface area contributed by atoms with Gasteiger partial charge in [-0.3, -0.25) is 9.78 Å². The number of aromatic hydroxyl groups is 1. The molecule has 0 unspecified atom stereocenters. The number of pyridine rings is 1. The molecule has 1 aromatic heterocycles. The van der Waals surface area contributed by atoms with Crippen molar-refractivity contribution in [2.24, 2.45) is 0 Å². The van der Waals surface area contributed by atoms with Gasteiger partial charge in [0.1, 0.15) is 5.75 Å². The molecule has 0 bridgehead atoms. The Morgan fingerprint density at radius 1 is 1.40 bits per heavy atom. The Morgan fingerprint density at radius 3 is 2.80 bits per heavy atom. The standard InChI is InChI=1S/C16H18N2O2/c1-3-14(13-5-4-8-17-10-13)18-16(20)12-6-7-15(19)11(2)9-12/h4-10,14,19H,3H2,1-2H3,(H,18,20)/t14-/m0/s1. The average molecular weight is 270 g/mol. The molecule has 1 aromatic carbocycles. The summed E-state index contributed by atoms with van der Waals surface area (Å²) in [5.41, 5.74) is 2.22. The van der Waals surface area contributed by atoms with Crippen molar-refractivity contribution in [1.29, 1.82) is 0 Å². The Balaban J connectivity index is 2.15. The van der Waals surface area contributed by atoms with Crippen LogP contribution in [0.2, 0.25) is 0 Å². The number of phenols is 1. The van der Waals surface area contributed by atoms with Crippen LogP contribution in [0.5, 0.6) is 5.75 Å². The Labute approximate surface area is 118 Å². The van der Waals surface area contributed by atoms with Crippen molar-refractivity contribution in [3.63, 3.8) is 0 Å². The van der Waals surface area contributed by atoms with Crippen LogP contribution in [0.25, 0.3) is 0 Å². The second kappa shape index (κ2) is 6.19. The van der Waals surface area contributed by atoms with Gasteiger partial charge in [0.2, 0.25) is 0 Å². The van der Waals surface area contributed by atoms with E-state index in [1.165, 1.54) is 6.07 Å². The van der Waals surface area contributed by atoms with Crippen LogP contribution in [-0.2, 0) is 0 Å². The van der Waals surface area contributed by atoms with Crippen LogP contribution in [0.3, 0.4) is 0 Å². The van der Waals surface area contributed by atoms with Crippen molar-refractivity contribution in [3.05, 3.63) is 59.4 Å². The number of carbonyl (C=O) groups excluding carboxylic acids is 1. The maximum atomic E-state index is 12.2. The van der Waals surface area contributed by atoms with Gasteiger partial charge < -0.3 is 10.4 Å². The van der Waals surface area contributed by atoms with Crippen LogP contribution in [0.1, 0.15) is 40.9 Å². The Kier molecular flexibility index (Phi) is 4.35. The van der Waals surface area contributed by atoms with Gasteiger partial charge in [-0.1, -0.05) is 13.0 Å². The molecule has 2 rings (SSSR count). The first-order valence-electron chi connectivity index (χ1n) is 6.62. The molecule has 4 nitrogen and oxygen atoms in total. The first kappa shape index (κ1) is 14.1. The number of nitrogens with zero attached hydrogens (tertiary/aromatic N) is 1. The summed E-state index contributed by atoms with van der Waals surface area (Å²) in [6.07, 6.45) is 4.26. The minimum Gasteiger partial charge on any atom is -0.508 e. The molecule has 4 heteroatoms. The topological polar surface area (TPSA) is 62.2 Å². The van der Waals surface area contributed by atoms with E-state index < -0.39 is 0 Å². The van der Waals surface area contributed by atoms with Crippen LogP contribution in [0, 0.1) is 6.92 Å². The molecule has 0 aliphatic heterocycles. The Bertz CT molecular complexity index is 597. The van der Waals surface area contributed by atoms with E-state index in [0.29, 0.717) is 11.1 Å². The van der Waals surface area contributed by atoms with E-state index in [9.17, 15) is 9.90 Å². The lowest BCUT2D eigenvalue weighted by Crippen LogP contribution is -2.28. The minimum atomic E-state index is -0.149. The molecule has 104 valence electrons. The Hall–Kier alpha value is -2.36. The molecule has 0 saturated heterocycles. The van der Waals surface area contributed by atoms with E-state index >= 15 is 0 Å². The van der Waals surface area contributed by atoms with Crippen LogP contribution in [0.15, 0.2) is 42.7 Å². The molecule has 1 amide bonds. The number of aryl methyl sites for hydroxylation is 1. The third-order valence-electron chi connectivity index (χ3n) is 3.26. The zero-order chi connectivity index (χ0) is 14.5. The molecular formula is C16H18N2O2. The van der Waals surface area contributed by atoms with E-state index in [2.05, 4.69) is 10.3 Å². The summed E-state index contributed by atoms with van der Waals surface area (Å²) >= 11 is 0. The lowest BCUT2D eigenvalue weighted by molar-refractivity contribution is 0.0935. The number of hydrogen-bond acceptors (Lipinski definition) is 3. The summed E-state index contributed by atoms with van der Waals surface area (Å²) in [6.45, 7) is 3.78. The van der Waals surface area contributed by atoms with E-state index in [1.807, 2.05) is 19.1 Å². The SMILES string of the molecule is CC[C@H](NC(=O)c1ccc(O)c(C)c1)c1cccnc1. The lowest BCUT2D eigenvalue weighted by Gasteiger charge is -2.17.